The largest absolute Gasteiger partial charge is 0.468 e. The predicted octanol–water partition coefficient (Wildman–Crippen LogP) is 4.71. The van der Waals surface area contributed by atoms with E-state index in [0.717, 1.165) is 17.1 Å². The van der Waals surface area contributed by atoms with Crippen LogP contribution in [0.1, 0.15) is 24.9 Å². The molecule has 0 saturated heterocycles. The van der Waals surface area contributed by atoms with Gasteiger partial charge < -0.3 is 15.4 Å². The molecular weight excluding hydrogens is 395 g/mol. The first-order valence-electron chi connectivity index (χ1n) is 9.33. The number of ether oxygens (including phenoxy) is 1. The molecule has 2 N–H and O–H groups in total. The second-order valence-electron chi connectivity index (χ2n) is 7.36. The summed E-state index contributed by atoms with van der Waals surface area (Å²) in [6.45, 7) is 1.85. The lowest BCUT2D eigenvalue weighted by atomic mass is 9.75. The van der Waals surface area contributed by atoms with Crippen LogP contribution in [0.5, 0.6) is 0 Å². The number of ketones is 1. The number of esters is 1. The number of rotatable bonds is 2. The summed E-state index contributed by atoms with van der Waals surface area (Å²) in [5, 5.41) is 6.70. The number of carbonyl (C=O) groups is 2. The van der Waals surface area contributed by atoms with E-state index in [4.69, 9.17) is 16.3 Å². The minimum atomic E-state index is -0.900. The van der Waals surface area contributed by atoms with Crippen molar-refractivity contribution < 1.29 is 18.7 Å². The standard InChI is InChI=1S/C22H20ClFN2O3/c1-11-9-17-19(21(27)18(11)22(28)29-2)20(12-7-8-13(23)14(24)10-12)26-16-6-4-3-5-15(16)25-17/h3-8,10-11,18,20,25-26H,9H2,1-2H3/t11-,18-,20+/m0/s1. The smallest absolute Gasteiger partial charge is 0.316 e. The summed E-state index contributed by atoms with van der Waals surface area (Å²) in [6.07, 6.45) is 0.490. The summed E-state index contributed by atoms with van der Waals surface area (Å²) in [5.74, 6) is -2.58. The molecule has 1 heterocycles. The first-order chi connectivity index (χ1) is 13.9. The van der Waals surface area contributed by atoms with Crippen LogP contribution in [0.15, 0.2) is 53.7 Å². The highest BCUT2D eigenvalue weighted by atomic mass is 35.5. The van der Waals surface area contributed by atoms with Crippen LogP contribution in [0.2, 0.25) is 5.02 Å². The molecule has 29 heavy (non-hydrogen) atoms. The van der Waals surface area contributed by atoms with Crippen molar-refractivity contribution in [2.24, 2.45) is 11.8 Å². The van der Waals surface area contributed by atoms with Crippen LogP contribution < -0.4 is 10.6 Å². The minimum Gasteiger partial charge on any atom is -0.468 e. The molecule has 5 nitrogen and oxygen atoms in total. The second-order valence-corrected chi connectivity index (χ2v) is 7.77. The highest BCUT2D eigenvalue weighted by molar-refractivity contribution is 6.30. The van der Waals surface area contributed by atoms with Crippen LogP contribution in [0.3, 0.4) is 0 Å². The van der Waals surface area contributed by atoms with Crippen molar-refractivity contribution in [3.8, 4) is 0 Å². The first-order valence-corrected chi connectivity index (χ1v) is 9.71. The van der Waals surface area contributed by atoms with Crippen molar-refractivity contribution in [1.82, 2.24) is 0 Å². The number of anilines is 2. The molecule has 0 unspecified atom stereocenters. The number of fused-ring (bicyclic) bond motifs is 1. The van der Waals surface area contributed by atoms with Crippen LogP contribution in [0.25, 0.3) is 0 Å². The minimum absolute atomic E-state index is 0.00568. The topological polar surface area (TPSA) is 67.4 Å². The number of Topliss-reactive ketones (excluding diaryl/α,β-unsaturated/α-hetero) is 1. The molecule has 4 rings (SSSR count). The second kappa shape index (κ2) is 7.52. The molecule has 2 aromatic rings. The van der Waals surface area contributed by atoms with E-state index in [-0.39, 0.29) is 16.7 Å². The van der Waals surface area contributed by atoms with Crippen LogP contribution in [-0.2, 0) is 14.3 Å². The lowest BCUT2D eigenvalue weighted by molar-refractivity contribution is -0.151. The molecule has 2 aliphatic rings. The lowest BCUT2D eigenvalue weighted by Gasteiger charge is -2.32. The van der Waals surface area contributed by atoms with Gasteiger partial charge in [0.2, 0.25) is 0 Å². The average Bonchev–Trinajstić information content (AvgIpc) is 2.86. The van der Waals surface area contributed by atoms with E-state index in [1.807, 2.05) is 31.2 Å². The van der Waals surface area contributed by atoms with Crippen molar-refractivity contribution in [1.29, 1.82) is 0 Å². The average molecular weight is 415 g/mol. The van der Waals surface area contributed by atoms with Crippen LogP contribution in [0, 0.1) is 17.7 Å². The zero-order chi connectivity index (χ0) is 20.7. The van der Waals surface area contributed by atoms with Gasteiger partial charge in [-0.05, 0) is 42.2 Å². The van der Waals surface area contributed by atoms with E-state index in [9.17, 15) is 14.0 Å². The van der Waals surface area contributed by atoms with Gasteiger partial charge in [0, 0.05) is 11.3 Å². The fraction of sp³-hybridized carbons (Fsp3) is 0.273. The van der Waals surface area contributed by atoms with Crippen molar-refractivity contribution in [2.75, 3.05) is 17.7 Å². The zero-order valence-corrected chi connectivity index (χ0v) is 16.7. The summed E-state index contributed by atoms with van der Waals surface area (Å²) in [4.78, 5) is 25.8. The molecule has 0 spiro atoms. The van der Waals surface area contributed by atoms with E-state index in [1.165, 1.54) is 19.2 Å². The number of methoxy groups -OCH3 is 1. The van der Waals surface area contributed by atoms with Gasteiger partial charge in [0.25, 0.3) is 0 Å². The maximum Gasteiger partial charge on any atom is 0.316 e. The first kappa shape index (κ1) is 19.5. The van der Waals surface area contributed by atoms with Gasteiger partial charge in [-0.1, -0.05) is 36.7 Å². The van der Waals surface area contributed by atoms with Gasteiger partial charge in [-0.25, -0.2) is 4.39 Å². The number of halogens is 2. The Labute approximate surface area is 172 Å². The molecule has 0 aromatic heterocycles. The molecule has 0 bridgehead atoms. The third-order valence-corrected chi connectivity index (χ3v) is 5.81. The Morgan fingerprint density at radius 2 is 1.93 bits per heavy atom. The molecule has 1 aliphatic heterocycles. The summed E-state index contributed by atoms with van der Waals surface area (Å²) < 4.78 is 19.1. The molecule has 0 amide bonds. The highest BCUT2D eigenvalue weighted by Gasteiger charge is 2.44. The van der Waals surface area contributed by atoms with Gasteiger partial charge in [0.15, 0.2) is 5.78 Å². The molecule has 1 aliphatic carbocycles. The summed E-state index contributed by atoms with van der Waals surface area (Å²) in [5.41, 5.74) is 3.27. The summed E-state index contributed by atoms with van der Waals surface area (Å²) in [7, 11) is 1.28. The monoisotopic (exact) mass is 414 g/mol. The van der Waals surface area contributed by atoms with Gasteiger partial charge in [-0.3, -0.25) is 9.59 Å². The molecule has 2 aromatic carbocycles. The number of hydrogen-bond donors (Lipinski definition) is 2. The summed E-state index contributed by atoms with van der Waals surface area (Å²) in [6, 6.07) is 11.4. The molecule has 7 heteroatoms. The van der Waals surface area contributed by atoms with E-state index < -0.39 is 23.7 Å². The number of hydrogen-bond acceptors (Lipinski definition) is 5. The van der Waals surface area contributed by atoms with E-state index in [2.05, 4.69) is 10.6 Å². The Balaban J connectivity index is 1.89. The Bertz CT molecular complexity index is 1040. The van der Waals surface area contributed by atoms with Gasteiger partial charge in [0.05, 0.1) is 29.5 Å². The molecular formula is C22H20ClFN2O3. The predicted molar refractivity (Wildman–Crippen MR) is 109 cm³/mol. The Hall–Kier alpha value is -2.86. The number of para-hydroxylation sites is 2. The van der Waals surface area contributed by atoms with Crippen molar-refractivity contribution in [2.45, 2.75) is 19.4 Å². The zero-order valence-electron chi connectivity index (χ0n) is 16.0. The van der Waals surface area contributed by atoms with Crippen molar-refractivity contribution in [3.05, 3.63) is 70.1 Å². The molecule has 0 radical (unpaired) electrons. The maximum absolute atomic E-state index is 14.2. The Kier molecular flexibility index (Phi) is 5.04. The van der Waals surface area contributed by atoms with E-state index in [0.29, 0.717) is 17.6 Å². The maximum atomic E-state index is 14.2. The third-order valence-electron chi connectivity index (χ3n) is 5.50. The van der Waals surface area contributed by atoms with Gasteiger partial charge in [-0.15, -0.1) is 0 Å². The molecule has 3 atom stereocenters. The SMILES string of the molecule is COC(=O)[C@@H]1C(=O)C2=C(C[C@@H]1C)Nc1ccccc1N[C@@H]2c1ccc(Cl)c(F)c1. The van der Waals surface area contributed by atoms with Crippen molar-refractivity contribution in [3.63, 3.8) is 0 Å². The van der Waals surface area contributed by atoms with Gasteiger partial charge in [0.1, 0.15) is 11.7 Å². The fourth-order valence-electron chi connectivity index (χ4n) is 4.08. The normalized spacial score (nSPS) is 23.3. The fourth-order valence-corrected chi connectivity index (χ4v) is 4.19. The number of benzene rings is 2. The van der Waals surface area contributed by atoms with Gasteiger partial charge in [-0.2, -0.15) is 0 Å². The Morgan fingerprint density at radius 3 is 2.62 bits per heavy atom. The van der Waals surface area contributed by atoms with Crippen LogP contribution >= 0.6 is 11.6 Å². The number of carbonyl (C=O) groups excluding carboxylic acids is 2. The third kappa shape index (κ3) is 3.38. The van der Waals surface area contributed by atoms with Crippen LogP contribution in [-0.4, -0.2) is 18.9 Å². The molecule has 150 valence electrons. The lowest BCUT2D eigenvalue weighted by Crippen LogP contribution is -2.39. The molecule has 0 saturated carbocycles. The van der Waals surface area contributed by atoms with E-state index in [1.54, 1.807) is 6.07 Å². The van der Waals surface area contributed by atoms with Crippen LogP contribution in [0.4, 0.5) is 15.8 Å². The number of allylic oxidation sites excluding steroid dienone is 1. The van der Waals surface area contributed by atoms with Crippen molar-refractivity contribution >= 4 is 34.7 Å². The highest BCUT2D eigenvalue weighted by Crippen LogP contribution is 2.44. The Morgan fingerprint density at radius 1 is 1.21 bits per heavy atom. The molecule has 0 fully saturated rings. The number of nitrogens with one attached hydrogen (secondary N) is 2. The van der Waals surface area contributed by atoms with E-state index >= 15 is 0 Å². The quantitative estimate of drug-likeness (QED) is 0.550. The van der Waals surface area contributed by atoms with Gasteiger partial charge >= 0.3 is 5.97 Å². The summed E-state index contributed by atoms with van der Waals surface area (Å²) >= 11 is 5.85.